The van der Waals surface area contributed by atoms with E-state index >= 15 is 0 Å². The third kappa shape index (κ3) is 1.92. The summed E-state index contributed by atoms with van der Waals surface area (Å²) >= 11 is 0. The van der Waals surface area contributed by atoms with E-state index in [1.54, 1.807) is 0 Å². The van der Waals surface area contributed by atoms with Gasteiger partial charge in [-0.1, -0.05) is 18.2 Å². The van der Waals surface area contributed by atoms with Gasteiger partial charge in [-0.2, -0.15) is 0 Å². The molecule has 2 heterocycles. The second kappa shape index (κ2) is 4.43. The number of ether oxygens (including phenoxy) is 1. The van der Waals surface area contributed by atoms with Crippen molar-refractivity contribution >= 4 is 10.9 Å². The van der Waals surface area contributed by atoms with E-state index in [1.807, 2.05) is 24.4 Å². The lowest BCUT2D eigenvalue weighted by atomic mass is 9.96. The van der Waals surface area contributed by atoms with E-state index < -0.39 is 0 Å². The van der Waals surface area contributed by atoms with Crippen molar-refractivity contribution in [1.29, 1.82) is 0 Å². The van der Waals surface area contributed by atoms with Crippen LogP contribution in [0.4, 0.5) is 0 Å². The average molecular weight is 228 g/mol. The molecule has 3 rings (SSSR count). The molecule has 2 unspecified atom stereocenters. The summed E-state index contributed by atoms with van der Waals surface area (Å²) in [7, 11) is 0. The number of pyridine rings is 1. The Morgan fingerprint density at radius 2 is 2.24 bits per heavy atom. The Labute approximate surface area is 101 Å². The van der Waals surface area contributed by atoms with Gasteiger partial charge in [0.15, 0.2) is 0 Å². The molecule has 1 aromatic carbocycles. The number of fused-ring (bicyclic) bond motifs is 1. The molecule has 0 bridgehead atoms. The Bertz CT molecular complexity index is 515. The molecule has 88 valence electrons. The Kier molecular flexibility index (Phi) is 2.79. The number of benzene rings is 1. The SMILES string of the molecule is NC(c1cccc2ncccc12)C1CCCO1. The first-order valence-corrected chi connectivity index (χ1v) is 6.07. The van der Waals surface area contributed by atoms with Crippen molar-refractivity contribution < 1.29 is 4.74 Å². The fourth-order valence-corrected chi connectivity index (χ4v) is 2.50. The molecule has 2 N–H and O–H groups in total. The molecule has 3 nitrogen and oxygen atoms in total. The van der Waals surface area contributed by atoms with Crippen LogP contribution in [-0.2, 0) is 4.74 Å². The minimum atomic E-state index is -0.0506. The first-order valence-electron chi connectivity index (χ1n) is 6.07. The molecule has 0 saturated carbocycles. The molecule has 0 radical (unpaired) electrons. The van der Waals surface area contributed by atoms with Crippen LogP contribution in [0.5, 0.6) is 0 Å². The summed E-state index contributed by atoms with van der Waals surface area (Å²) in [6, 6.07) is 10.1. The molecule has 2 aromatic rings. The molecule has 0 aliphatic carbocycles. The van der Waals surface area contributed by atoms with Gasteiger partial charge in [-0.05, 0) is 30.5 Å². The fourth-order valence-electron chi connectivity index (χ4n) is 2.50. The van der Waals surface area contributed by atoms with Crippen LogP contribution in [0.1, 0.15) is 24.4 Å². The highest BCUT2D eigenvalue weighted by atomic mass is 16.5. The Morgan fingerprint density at radius 3 is 3.06 bits per heavy atom. The summed E-state index contributed by atoms with van der Waals surface area (Å²) in [5, 5.41) is 1.14. The van der Waals surface area contributed by atoms with Crippen LogP contribution in [0.3, 0.4) is 0 Å². The number of aromatic nitrogens is 1. The third-order valence-corrected chi connectivity index (χ3v) is 3.40. The first-order chi connectivity index (χ1) is 8.36. The van der Waals surface area contributed by atoms with Gasteiger partial charge in [0.1, 0.15) is 0 Å². The summed E-state index contributed by atoms with van der Waals surface area (Å²) in [4.78, 5) is 4.35. The van der Waals surface area contributed by atoms with Crippen molar-refractivity contribution in [1.82, 2.24) is 4.98 Å². The molecule has 1 aromatic heterocycles. The van der Waals surface area contributed by atoms with Gasteiger partial charge in [0, 0.05) is 18.2 Å². The highest BCUT2D eigenvalue weighted by Crippen LogP contribution is 2.29. The van der Waals surface area contributed by atoms with Gasteiger partial charge in [0.25, 0.3) is 0 Å². The molecule has 1 aliphatic heterocycles. The molecule has 0 spiro atoms. The van der Waals surface area contributed by atoms with Crippen LogP contribution in [0, 0.1) is 0 Å². The highest BCUT2D eigenvalue weighted by molar-refractivity contribution is 5.82. The summed E-state index contributed by atoms with van der Waals surface area (Å²) in [6.45, 7) is 0.835. The first kappa shape index (κ1) is 10.7. The van der Waals surface area contributed by atoms with Gasteiger partial charge in [0.2, 0.25) is 0 Å². The minimum absolute atomic E-state index is 0.0506. The maximum absolute atomic E-state index is 6.31. The standard InChI is InChI=1S/C14H16N2O/c15-14(13-7-3-9-17-13)11-4-1-6-12-10(11)5-2-8-16-12/h1-2,4-6,8,13-14H,3,7,9,15H2. The van der Waals surface area contributed by atoms with E-state index in [2.05, 4.69) is 17.1 Å². The van der Waals surface area contributed by atoms with Crippen molar-refractivity contribution in [2.24, 2.45) is 5.73 Å². The van der Waals surface area contributed by atoms with E-state index in [0.717, 1.165) is 35.9 Å². The molecular formula is C14H16N2O. The van der Waals surface area contributed by atoms with Crippen molar-refractivity contribution in [3.8, 4) is 0 Å². The van der Waals surface area contributed by atoms with Crippen LogP contribution in [-0.4, -0.2) is 17.7 Å². The number of nitrogens with zero attached hydrogens (tertiary/aromatic N) is 1. The maximum Gasteiger partial charge on any atom is 0.0768 e. The summed E-state index contributed by atoms with van der Waals surface area (Å²) < 4.78 is 5.67. The lowest BCUT2D eigenvalue weighted by Gasteiger charge is -2.20. The lowest BCUT2D eigenvalue weighted by Crippen LogP contribution is -2.25. The van der Waals surface area contributed by atoms with E-state index in [0.29, 0.717) is 0 Å². The number of hydrogen-bond donors (Lipinski definition) is 1. The van der Waals surface area contributed by atoms with Crippen molar-refractivity contribution in [3.05, 3.63) is 42.1 Å². The van der Waals surface area contributed by atoms with Crippen LogP contribution in [0.15, 0.2) is 36.5 Å². The molecule has 0 amide bonds. The van der Waals surface area contributed by atoms with Gasteiger partial charge >= 0.3 is 0 Å². The zero-order chi connectivity index (χ0) is 11.7. The Balaban J connectivity index is 2.04. The van der Waals surface area contributed by atoms with Gasteiger partial charge in [0.05, 0.1) is 17.7 Å². The lowest BCUT2D eigenvalue weighted by molar-refractivity contribution is 0.0904. The normalized spacial score (nSPS) is 21.8. The third-order valence-electron chi connectivity index (χ3n) is 3.40. The van der Waals surface area contributed by atoms with E-state index in [1.165, 1.54) is 0 Å². The van der Waals surface area contributed by atoms with Crippen molar-refractivity contribution in [2.45, 2.75) is 25.0 Å². The monoisotopic (exact) mass is 228 g/mol. The summed E-state index contributed by atoms with van der Waals surface area (Å²) in [5.41, 5.74) is 8.45. The van der Waals surface area contributed by atoms with Crippen LogP contribution >= 0.6 is 0 Å². The predicted octanol–water partition coefficient (Wildman–Crippen LogP) is 2.41. The van der Waals surface area contributed by atoms with Crippen molar-refractivity contribution in [3.63, 3.8) is 0 Å². The van der Waals surface area contributed by atoms with Gasteiger partial charge < -0.3 is 10.5 Å². The second-order valence-corrected chi connectivity index (χ2v) is 4.49. The van der Waals surface area contributed by atoms with E-state index in [9.17, 15) is 0 Å². The number of nitrogens with two attached hydrogens (primary N) is 1. The molecular weight excluding hydrogens is 212 g/mol. The number of rotatable bonds is 2. The smallest absolute Gasteiger partial charge is 0.0768 e. The largest absolute Gasteiger partial charge is 0.376 e. The van der Waals surface area contributed by atoms with Crippen LogP contribution in [0.2, 0.25) is 0 Å². The quantitative estimate of drug-likeness (QED) is 0.858. The molecule has 1 saturated heterocycles. The molecule has 3 heteroatoms. The highest BCUT2D eigenvalue weighted by Gasteiger charge is 2.25. The van der Waals surface area contributed by atoms with Crippen molar-refractivity contribution in [2.75, 3.05) is 6.61 Å². The Morgan fingerprint density at radius 1 is 1.29 bits per heavy atom. The fraction of sp³-hybridized carbons (Fsp3) is 0.357. The van der Waals surface area contributed by atoms with E-state index in [-0.39, 0.29) is 12.1 Å². The molecule has 17 heavy (non-hydrogen) atoms. The minimum Gasteiger partial charge on any atom is -0.376 e. The van der Waals surface area contributed by atoms with E-state index in [4.69, 9.17) is 10.5 Å². The van der Waals surface area contributed by atoms with Gasteiger partial charge in [-0.25, -0.2) is 0 Å². The van der Waals surface area contributed by atoms with Gasteiger partial charge in [-0.3, -0.25) is 4.98 Å². The molecule has 1 fully saturated rings. The summed E-state index contributed by atoms with van der Waals surface area (Å²) in [6.07, 6.45) is 4.13. The summed E-state index contributed by atoms with van der Waals surface area (Å²) in [5.74, 6) is 0. The van der Waals surface area contributed by atoms with Gasteiger partial charge in [-0.15, -0.1) is 0 Å². The molecule has 1 aliphatic rings. The maximum atomic E-state index is 6.31. The predicted molar refractivity (Wildman–Crippen MR) is 67.6 cm³/mol. The average Bonchev–Trinajstić information content (AvgIpc) is 2.91. The zero-order valence-electron chi connectivity index (χ0n) is 9.67. The second-order valence-electron chi connectivity index (χ2n) is 4.49. The Hall–Kier alpha value is -1.45. The zero-order valence-corrected chi connectivity index (χ0v) is 9.67. The molecule has 2 atom stereocenters. The van der Waals surface area contributed by atoms with Crippen LogP contribution in [0.25, 0.3) is 10.9 Å². The topological polar surface area (TPSA) is 48.1 Å². The van der Waals surface area contributed by atoms with Crippen LogP contribution < -0.4 is 5.73 Å². The number of hydrogen-bond acceptors (Lipinski definition) is 3.